The monoisotopic (exact) mass is 374 g/mol. The fourth-order valence-corrected chi connectivity index (χ4v) is 3.45. The van der Waals surface area contributed by atoms with E-state index in [2.05, 4.69) is 9.97 Å². The molecule has 3 rings (SSSR count). The Balaban J connectivity index is 1.79. The van der Waals surface area contributed by atoms with E-state index in [9.17, 15) is 18.0 Å². The third-order valence-electron chi connectivity index (χ3n) is 4.68. The largest absolute Gasteiger partial charge is 0.433 e. The molecule has 0 bridgehead atoms. The molecule has 0 N–H and O–H groups in total. The third-order valence-corrected chi connectivity index (χ3v) is 4.68. The number of halogens is 3. The van der Waals surface area contributed by atoms with Crippen LogP contribution in [0.3, 0.4) is 0 Å². The molecule has 2 aliphatic rings. The standard InChI is InChI=1S/C16H21F3N4O3/c1-25-4-2-23-9-15(7-14(23)24)8-22(3-5-26-10-15)13-6-12(16(17,18)19)20-11-21-13/h6,11H,2-5,7-10H2,1H3/t15-/m1/s1. The summed E-state index contributed by atoms with van der Waals surface area (Å²) in [7, 11) is 1.57. The van der Waals surface area contributed by atoms with Crippen molar-refractivity contribution in [3.63, 3.8) is 0 Å². The predicted octanol–water partition coefficient (Wildman–Crippen LogP) is 1.20. The number of anilines is 1. The van der Waals surface area contributed by atoms with E-state index in [1.54, 1.807) is 16.9 Å². The van der Waals surface area contributed by atoms with Crippen LogP contribution in [0.4, 0.5) is 19.0 Å². The lowest BCUT2D eigenvalue weighted by Crippen LogP contribution is -2.41. The lowest BCUT2D eigenvalue weighted by molar-refractivity contribution is -0.141. The highest BCUT2D eigenvalue weighted by molar-refractivity contribution is 5.79. The molecule has 1 aromatic rings. The maximum atomic E-state index is 12.9. The second-order valence-electron chi connectivity index (χ2n) is 6.72. The number of likely N-dealkylation sites (tertiary alicyclic amines) is 1. The minimum Gasteiger partial charge on any atom is -0.383 e. The van der Waals surface area contributed by atoms with Crippen molar-refractivity contribution in [2.24, 2.45) is 5.41 Å². The Bertz CT molecular complexity index is 658. The average Bonchev–Trinajstić information content (AvgIpc) is 2.77. The summed E-state index contributed by atoms with van der Waals surface area (Å²) in [5, 5.41) is 0. The molecular formula is C16H21F3N4O3. The van der Waals surface area contributed by atoms with Crippen LogP contribution >= 0.6 is 0 Å². The first-order valence-electron chi connectivity index (χ1n) is 8.32. The summed E-state index contributed by atoms with van der Waals surface area (Å²) in [6, 6.07) is 0.943. The number of carbonyl (C=O) groups is 1. The Hall–Kier alpha value is -1.94. The molecule has 0 aliphatic carbocycles. The number of hydrogen-bond acceptors (Lipinski definition) is 6. The zero-order valence-corrected chi connectivity index (χ0v) is 14.5. The molecule has 7 nitrogen and oxygen atoms in total. The van der Waals surface area contributed by atoms with Gasteiger partial charge in [-0.1, -0.05) is 0 Å². The Morgan fingerprint density at radius 2 is 2.15 bits per heavy atom. The molecular weight excluding hydrogens is 353 g/mol. The van der Waals surface area contributed by atoms with Crippen molar-refractivity contribution in [3.05, 3.63) is 18.1 Å². The highest BCUT2D eigenvalue weighted by atomic mass is 19.4. The van der Waals surface area contributed by atoms with Crippen molar-refractivity contribution in [2.45, 2.75) is 12.6 Å². The number of amides is 1. The molecule has 3 heterocycles. The maximum absolute atomic E-state index is 12.9. The lowest BCUT2D eigenvalue weighted by atomic mass is 9.87. The first-order valence-corrected chi connectivity index (χ1v) is 8.32. The second kappa shape index (κ2) is 7.36. The third kappa shape index (κ3) is 4.07. The number of ether oxygens (including phenoxy) is 2. The first kappa shape index (κ1) is 18.8. The summed E-state index contributed by atoms with van der Waals surface area (Å²) in [6.07, 6.45) is -3.32. The van der Waals surface area contributed by atoms with Crippen LogP contribution < -0.4 is 4.90 Å². The van der Waals surface area contributed by atoms with Crippen molar-refractivity contribution in [3.8, 4) is 0 Å². The lowest BCUT2D eigenvalue weighted by Gasteiger charge is -2.32. The predicted molar refractivity (Wildman–Crippen MR) is 85.6 cm³/mol. The Morgan fingerprint density at radius 3 is 2.88 bits per heavy atom. The highest BCUT2D eigenvalue weighted by Crippen LogP contribution is 2.36. The summed E-state index contributed by atoms with van der Waals surface area (Å²) in [5.41, 5.74) is -1.45. The molecule has 2 saturated heterocycles. The van der Waals surface area contributed by atoms with Gasteiger partial charge >= 0.3 is 6.18 Å². The molecule has 26 heavy (non-hydrogen) atoms. The quantitative estimate of drug-likeness (QED) is 0.789. The van der Waals surface area contributed by atoms with Gasteiger partial charge in [-0.05, 0) is 0 Å². The number of methoxy groups -OCH3 is 1. The number of alkyl halides is 3. The van der Waals surface area contributed by atoms with E-state index in [4.69, 9.17) is 9.47 Å². The molecule has 1 atom stereocenters. The molecule has 2 fully saturated rings. The fraction of sp³-hybridized carbons (Fsp3) is 0.688. The smallest absolute Gasteiger partial charge is 0.383 e. The zero-order chi connectivity index (χ0) is 18.8. The molecule has 10 heteroatoms. The molecule has 1 aromatic heterocycles. The van der Waals surface area contributed by atoms with E-state index < -0.39 is 17.3 Å². The summed E-state index contributed by atoms with van der Waals surface area (Å²) < 4.78 is 49.5. The van der Waals surface area contributed by atoms with Crippen LogP contribution in [0, 0.1) is 5.41 Å². The summed E-state index contributed by atoms with van der Waals surface area (Å²) in [5.74, 6) is 0.200. The molecule has 2 aliphatic heterocycles. The SMILES string of the molecule is COCCN1C[C@@]2(COCCN(c3cc(C(F)(F)F)ncn3)C2)CC1=O. The van der Waals surface area contributed by atoms with E-state index in [1.165, 1.54) is 0 Å². The topological polar surface area (TPSA) is 67.8 Å². The van der Waals surface area contributed by atoms with Gasteiger partial charge in [0.2, 0.25) is 5.91 Å². The molecule has 0 saturated carbocycles. The molecule has 1 amide bonds. The van der Waals surface area contributed by atoms with Gasteiger partial charge in [0, 0.05) is 51.2 Å². The minimum absolute atomic E-state index is 0.00571. The van der Waals surface area contributed by atoms with Gasteiger partial charge in [0.05, 0.1) is 19.8 Å². The molecule has 1 spiro atoms. The van der Waals surface area contributed by atoms with Gasteiger partial charge < -0.3 is 19.3 Å². The van der Waals surface area contributed by atoms with Gasteiger partial charge in [-0.3, -0.25) is 4.79 Å². The van der Waals surface area contributed by atoms with Crippen LogP contribution in [0.1, 0.15) is 12.1 Å². The zero-order valence-electron chi connectivity index (χ0n) is 14.5. The second-order valence-corrected chi connectivity index (χ2v) is 6.72. The van der Waals surface area contributed by atoms with Crippen LogP contribution in [-0.4, -0.2) is 73.9 Å². The Morgan fingerprint density at radius 1 is 1.35 bits per heavy atom. The summed E-state index contributed by atoms with van der Waals surface area (Å²) in [6.45, 7) is 2.97. The van der Waals surface area contributed by atoms with Gasteiger partial charge in [-0.25, -0.2) is 9.97 Å². The number of rotatable bonds is 4. The van der Waals surface area contributed by atoms with E-state index >= 15 is 0 Å². The molecule has 0 aromatic carbocycles. The van der Waals surface area contributed by atoms with Crippen LogP contribution in [0.5, 0.6) is 0 Å². The van der Waals surface area contributed by atoms with Crippen LogP contribution in [-0.2, 0) is 20.4 Å². The van der Waals surface area contributed by atoms with Crippen molar-refractivity contribution in [2.75, 3.05) is 58.0 Å². The van der Waals surface area contributed by atoms with Crippen LogP contribution in [0.15, 0.2) is 12.4 Å². The van der Waals surface area contributed by atoms with Gasteiger partial charge in [-0.2, -0.15) is 13.2 Å². The Kier molecular flexibility index (Phi) is 5.33. The summed E-state index contributed by atoms with van der Waals surface area (Å²) in [4.78, 5) is 23.1. The van der Waals surface area contributed by atoms with E-state index in [1.807, 2.05) is 0 Å². The maximum Gasteiger partial charge on any atom is 0.433 e. The van der Waals surface area contributed by atoms with Gasteiger partial charge in [-0.15, -0.1) is 0 Å². The molecule has 144 valence electrons. The Labute approximate surface area is 149 Å². The van der Waals surface area contributed by atoms with E-state index in [0.29, 0.717) is 52.4 Å². The van der Waals surface area contributed by atoms with Crippen molar-refractivity contribution >= 4 is 11.7 Å². The number of hydrogen-bond donors (Lipinski definition) is 0. The molecule has 0 radical (unpaired) electrons. The average molecular weight is 374 g/mol. The fourth-order valence-electron chi connectivity index (χ4n) is 3.45. The van der Waals surface area contributed by atoms with Gasteiger partial charge in [0.25, 0.3) is 0 Å². The summed E-state index contributed by atoms with van der Waals surface area (Å²) >= 11 is 0. The normalized spacial score (nSPS) is 24.4. The van der Waals surface area contributed by atoms with Crippen molar-refractivity contribution in [1.29, 1.82) is 0 Å². The van der Waals surface area contributed by atoms with E-state index in [-0.39, 0.29) is 11.7 Å². The van der Waals surface area contributed by atoms with Crippen molar-refractivity contribution < 1.29 is 27.4 Å². The highest BCUT2D eigenvalue weighted by Gasteiger charge is 2.45. The van der Waals surface area contributed by atoms with Crippen LogP contribution in [0.2, 0.25) is 0 Å². The number of carbonyl (C=O) groups excluding carboxylic acids is 1. The van der Waals surface area contributed by atoms with Gasteiger partial charge in [0.1, 0.15) is 17.8 Å². The van der Waals surface area contributed by atoms with E-state index in [0.717, 1.165) is 12.4 Å². The molecule has 0 unspecified atom stereocenters. The van der Waals surface area contributed by atoms with Crippen molar-refractivity contribution in [1.82, 2.24) is 14.9 Å². The van der Waals surface area contributed by atoms with Gasteiger partial charge in [0.15, 0.2) is 0 Å². The first-order chi connectivity index (χ1) is 12.3. The number of nitrogens with zero attached hydrogens (tertiary/aromatic N) is 4. The minimum atomic E-state index is -4.53. The number of aromatic nitrogens is 2. The van der Waals surface area contributed by atoms with Crippen LogP contribution in [0.25, 0.3) is 0 Å².